The van der Waals surface area contributed by atoms with Gasteiger partial charge in [0.15, 0.2) is 0 Å². The minimum Gasteiger partial charge on any atom is -0.364 e. The molecule has 1 heterocycles. The number of nitrogens with one attached hydrogen (secondary N) is 1. The van der Waals surface area contributed by atoms with E-state index in [9.17, 15) is 13.2 Å². The monoisotopic (exact) mass is 242 g/mol. The summed E-state index contributed by atoms with van der Waals surface area (Å²) in [5.74, 6) is 0. The van der Waals surface area contributed by atoms with Gasteiger partial charge in [0.2, 0.25) is 0 Å². The van der Waals surface area contributed by atoms with E-state index in [-0.39, 0.29) is 0 Å². The number of anilines is 1. The van der Waals surface area contributed by atoms with Gasteiger partial charge >= 0.3 is 6.18 Å². The van der Waals surface area contributed by atoms with Gasteiger partial charge < -0.3 is 9.88 Å². The van der Waals surface area contributed by atoms with Gasteiger partial charge in [-0.15, -0.1) is 0 Å². The maximum Gasteiger partial charge on any atom is 0.405 e. The second-order valence-corrected chi connectivity index (χ2v) is 4.12. The summed E-state index contributed by atoms with van der Waals surface area (Å²) in [5.41, 5.74) is 2.21. The maximum atomic E-state index is 12.4. The lowest BCUT2D eigenvalue weighted by Crippen LogP contribution is -2.31. The van der Waals surface area contributed by atoms with Gasteiger partial charge in [-0.3, -0.25) is 0 Å². The Morgan fingerprint density at radius 1 is 1.24 bits per heavy atom. The summed E-state index contributed by atoms with van der Waals surface area (Å²) in [6.45, 7) is 0.831. The fourth-order valence-electron chi connectivity index (χ4n) is 2.10. The van der Waals surface area contributed by atoms with E-state index in [0.717, 1.165) is 16.6 Å². The molecule has 0 amide bonds. The zero-order valence-electron chi connectivity index (χ0n) is 9.60. The fraction of sp³-hybridized carbons (Fsp3) is 0.333. The second kappa shape index (κ2) is 3.98. The molecule has 0 aliphatic carbocycles. The molecule has 92 valence electrons. The van der Waals surface area contributed by atoms with Crippen LogP contribution < -0.4 is 4.90 Å². The van der Waals surface area contributed by atoms with Gasteiger partial charge in [0.05, 0.1) is 5.69 Å². The molecule has 0 bridgehead atoms. The summed E-state index contributed by atoms with van der Waals surface area (Å²) < 4.78 is 37.1. The number of alkyl halides is 3. The molecule has 2 nitrogen and oxygen atoms in total. The summed E-state index contributed by atoms with van der Waals surface area (Å²) >= 11 is 0. The molecule has 1 N–H and O–H groups in total. The number of rotatable bonds is 2. The van der Waals surface area contributed by atoms with E-state index < -0.39 is 12.7 Å². The van der Waals surface area contributed by atoms with E-state index >= 15 is 0 Å². The minimum atomic E-state index is -4.19. The Labute approximate surface area is 97.0 Å². The van der Waals surface area contributed by atoms with Crippen molar-refractivity contribution in [3.05, 3.63) is 30.0 Å². The Bertz CT molecular complexity index is 528. The van der Waals surface area contributed by atoms with Gasteiger partial charge in [-0.05, 0) is 13.0 Å². The number of fused-ring (bicyclic) bond motifs is 1. The zero-order chi connectivity index (χ0) is 12.6. The van der Waals surface area contributed by atoms with Crippen LogP contribution in [0.4, 0.5) is 18.9 Å². The predicted octanol–water partition coefficient (Wildman–Crippen LogP) is 3.47. The zero-order valence-corrected chi connectivity index (χ0v) is 9.60. The molecule has 17 heavy (non-hydrogen) atoms. The maximum absolute atomic E-state index is 12.4. The Balaban J connectivity index is 2.44. The van der Waals surface area contributed by atoms with Crippen molar-refractivity contribution in [3.63, 3.8) is 0 Å². The van der Waals surface area contributed by atoms with E-state index in [1.807, 2.05) is 24.3 Å². The van der Waals surface area contributed by atoms with Gasteiger partial charge in [0, 0.05) is 23.6 Å². The Kier molecular flexibility index (Phi) is 2.77. The van der Waals surface area contributed by atoms with Gasteiger partial charge in [0.1, 0.15) is 6.54 Å². The van der Waals surface area contributed by atoms with Crippen molar-refractivity contribution < 1.29 is 13.2 Å². The Hall–Kier alpha value is -1.65. The quantitative estimate of drug-likeness (QED) is 0.854. The number of H-pyrrole nitrogens is 1. The Morgan fingerprint density at radius 2 is 1.88 bits per heavy atom. The highest BCUT2D eigenvalue weighted by atomic mass is 19.4. The molecule has 0 unspecified atom stereocenters. The number of aromatic amines is 1. The number of aryl methyl sites for hydroxylation is 1. The highest BCUT2D eigenvalue weighted by Crippen LogP contribution is 2.31. The van der Waals surface area contributed by atoms with Crippen molar-refractivity contribution in [1.82, 2.24) is 4.98 Å². The largest absolute Gasteiger partial charge is 0.405 e. The number of para-hydroxylation sites is 1. The average Bonchev–Trinajstić information content (AvgIpc) is 2.50. The van der Waals surface area contributed by atoms with Gasteiger partial charge in [-0.2, -0.15) is 13.2 Å². The molecular formula is C12H13F3N2. The topological polar surface area (TPSA) is 19.0 Å². The van der Waals surface area contributed by atoms with Crippen LogP contribution in [-0.2, 0) is 0 Å². The highest BCUT2D eigenvalue weighted by molar-refractivity contribution is 5.94. The molecular weight excluding hydrogens is 229 g/mol. The van der Waals surface area contributed by atoms with Gasteiger partial charge in [-0.1, -0.05) is 18.2 Å². The number of benzene rings is 1. The van der Waals surface area contributed by atoms with E-state index in [4.69, 9.17) is 0 Å². The summed E-state index contributed by atoms with van der Waals surface area (Å²) in [7, 11) is 1.45. The normalized spacial score (nSPS) is 12.1. The SMILES string of the molecule is Cc1[nH]c2ccccc2c1N(C)CC(F)(F)F. The lowest BCUT2D eigenvalue weighted by Gasteiger charge is -2.21. The molecule has 1 aromatic carbocycles. The average molecular weight is 242 g/mol. The summed E-state index contributed by atoms with van der Waals surface area (Å²) in [4.78, 5) is 4.32. The molecule has 0 spiro atoms. The molecule has 0 fully saturated rings. The number of aromatic nitrogens is 1. The van der Waals surface area contributed by atoms with Crippen molar-refractivity contribution in [2.45, 2.75) is 13.1 Å². The van der Waals surface area contributed by atoms with E-state index in [1.54, 1.807) is 6.92 Å². The van der Waals surface area contributed by atoms with Crippen LogP contribution >= 0.6 is 0 Å². The number of hydrogen-bond donors (Lipinski definition) is 1. The van der Waals surface area contributed by atoms with Crippen molar-refractivity contribution in [3.8, 4) is 0 Å². The van der Waals surface area contributed by atoms with Crippen LogP contribution in [0.1, 0.15) is 5.69 Å². The van der Waals surface area contributed by atoms with E-state index in [1.165, 1.54) is 11.9 Å². The van der Waals surface area contributed by atoms with E-state index in [0.29, 0.717) is 5.69 Å². The lowest BCUT2D eigenvalue weighted by molar-refractivity contribution is -0.119. The third kappa shape index (κ3) is 2.38. The van der Waals surface area contributed by atoms with Crippen molar-refractivity contribution in [2.24, 2.45) is 0 Å². The standard InChI is InChI=1S/C12H13F3N2/c1-8-11(17(2)7-12(13,14)15)9-5-3-4-6-10(9)16-8/h3-6,16H,7H2,1-2H3. The van der Waals surface area contributed by atoms with Crippen LogP contribution in [0.5, 0.6) is 0 Å². The first-order chi connectivity index (χ1) is 7.88. The minimum absolute atomic E-state index is 0.609. The van der Waals surface area contributed by atoms with Crippen molar-refractivity contribution in [2.75, 3.05) is 18.5 Å². The fourth-order valence-corrected chi connectivity index (χ4v) is 2.10. The molecule has 0 radical (unpaired) electrons. The first kappa shape index (κ1) is 11.8. The third-order valence-electron chi connectivity index (χ3n) is 2.66. The van der Waals surface area contributed by atoms with Crippen LogP contribution in [0.25, 0.3) is 10.9 Å². The molecule has 1 aromatic heterocycles. The molecule has 5 heteroatoms. The third-order valence-corrected chi connectivity index (χ3v) is 2.66. The summed E-state index contributed by atoms with van der Waals surface area (Å²) in [6, 6.07) is 7.35. The second-order valence-electron chi connectivity index (χ2n) is 4.12. The molecule has 0 aliphatic rings. The van der Waals surface area contributed by atoms with Crippen LogP contribution in [0, 0.1) is 6.92 Å². The lowest BCUT2D eigenvalue weighted by atomic mass is 10.2. The van der Waals surface area contributed by atoms with Crippen LogP contribution in [-0.4, -0.2) is 24.8 Å². The molecule has 0 aliphatic heterocycles. The first-order valence-electron chi connectivity index (χ1n) is 5.23. The Morgan fingerprint density at radius 3 is 2.53 bits per heavy atom. The smallest absolute Gasteiger partial charge is 0.364 e. The van der Waals surface area contributed by atoms with Gasteiger partial charge in [0.25, 0.3) is 0 Å². The van der Waals surface area contributed by atoms with Gasteiger partial charge in [-0.25, -0.2) is 0 Å². The van der Waals surface area contributed by atoms with Crippen LogP contribution in [0.3, 0.4) is 0 Å². The van der Waals surface area contributed by atoms with Crippen LogP contribution in [0.2, 0.25) is 0 Å². The number of hydrogen-bond acceptors (Lipinski definition) is 1. The molecule has 0 atom stereocenters. The molecule has 2 rings (SSSR count). The van der Waals surface area contributed by atoms with E-state index in [2.05, 4.69) is 4.98 Å². The van der Waals surface area contributed by atoms with Crippen LogP contribution in [0.15, 0.2) is 24.3 Å². The molecule has 0 saturated heterocycles. The summed E-state index contributed by atoms with van der Waals surface area (Å²) in [6.07, 6.45) is -4.19. The first-order valence-corrected chi connectivity index (χ1v) is 5.23. The number of halogens is 3. The van der Waals surface area contributed by atoms with Crippen molar-refractivity contribution in [1.29, 1.82) is 0 Å². The molecule has 2 aromatic rings. The van der Waals surface area contributed by atoms with Crippen molar-refractivity contribution >= 4 is 16.6 Å². The highest BCUT2D eigenvalue weighted by Gasteiger charge is 2.30. The predicted molar refractivity (Wildman–Crippen MR) is 62.4 cm³/mol. The summed E-state index contributed by atoms with van der Waals surface area (Å²) in [5, 5.41) is 0.816. The number of nitrogens with zero attached hydrogens (tertiary/aromatic N) is 1. The molecule has 0 saturated carbocycles.